The van der Waals surface area contributed by atoms with Crippen molar-refractivity contribution < 1.29 is 17.6 Å². The summed E-state index contributed by atoms with van der Waals surface area (Å²) < 4.78 is 54.4. The minimum Gasteiger partial charge on any atom is -0.383 e. The van der Waals surface area contributed by atoms with E-state index in [-0.39, 0.29) is 18.2 Å². The minimum absolute atomic E-state index is 0.0491. The number of hydrogen-bond donors (Lipinski definition) is 3. The van der Waals surface area contributed by atoms with E-state index in [4.69, 9.17) is 10.8 Å². The van der Waals surface area contributed by atoms with Crippen molar-refractivity contribution in [3.63, 3.8) is 0 Å². The number of halogens is 4. The van der Waals surface area contributed by atoms with Crippen LogP contribution in [0.4, 0.5) is 29.1 Å². The molecule has 0 spiro atoms. The van der Waals surface area contributed by atoms with E-state index in [0.29, 0.717) is 17.6 Å². The van der Waals surface area contributed by atoms with Crippen LogP contribution in [0.3, 0.4) is 0 Å². The van der Waals surface area contributed by atoms with Gasteiger partial charge in [0.1, 0.15) is 17.3 Å². The van der Waals surface area contributed by atoms with Gasteiger partial charge in [-0.1, -0.05) is 18.2 Å². The molecule has 5 rings (SSSR count). The maximum Gasteiger partial charge on any atom is 0.416 e. The van der Waals surface area contributed by atoms with Crippen molar-refractivity contribution in [2.24, 2.45) is 0 Å². The Labute approximate surface area is 199 Å². The summed E-state index contributed by atoms with van der Waals surface area (Å²) in [7, 11) is 0. The number of benzene rings is 2. The molecule has 0 aliphatic carbocycles. The molecule has 182 valence electrons. The van der Waals surface area contributed by atoms with Gasteiger partial charge in [-0.3, -0.25) is 4.68 Å². The van der Waals surface area contributed by atoms with Gasteiger partial charge in [-0.2, -0.15) is 18.3 Å². The second-order valence-corrected chi connectivity index (χ2v) is 8.60. The highest BCUT2D eigenvalue weighted by atomic mass is 19.4. The van der Waals surface area contributed by atoms with Crippen LogP contribution in [0.25, 0.3) is 22.2 Å². The van der Waals surface area contributed by atoms with Crippen molar-refractivity contribution >= 4 is 22.4 Å². The Morgan fingerprint density at radius 3 is 2.49 bits per heavy atom. The Morgan fingerprint density at radius 1 is 1.06 bits per heavy atom. The molecule has 2 aromatic carbocycles. The Kier molecular flexibility index (Phi) is 6.06. The zero-order chi connectivity index (χ0) is 24.6. The highest BCUT2D eigenvalue weighted by molar-refractivity contribution is 6.00. The van der Waals surface area contributed by atoms with Gasteiger partial charge in [-0.15, -0.1) is 0 Å². The summed E-state index contributed by atoms with van der Waals surface area (Å²) in [6, 6.07) is 12.1. The van der Waals surface area contributed by atoms with E-state index in [9.17, 15) is 17.6 Å². The fourth-order valence-electron chi connectivity index (χ4n) is 4.45. The van der Waals surface area contributed by atoms with Gasteiger partial charge in [-0.25, -0.2) is 9.37 Å². The first-order valence-electron chi connectivity index (χ1n) is 11.3. The number of aromatic nitrogens is 3. The highest BCUT2D eigenvalue weighted by Crippen LogP contribution is 2.35. The van der Waals surface area contributed by atoms with Gasteiger partial charge in [0.2, 0.25) is 0 Å². The molecular formula is C25H24F4N6. The van der Waals surface area contributed by atoms with Crippen LogP contribution < -0.4 is 16.4 Å². The van der Waals surface area contributed by atoms with Crippen LogP contribution in [0.5, 0.6) is 0 Å². The molecular weight excluding hydrogens is 460 g/mol. The van der Waals surface area contributed by atoms with Crippen molar-refractivity contribution in [2.75, 3.05) is 24.1 Å². The molecule has 10 heteroatoms. The maximum absolute atomic E-state index is 14.1. The Bertz CT molecular complexity index is 1340. The molecule has 3 heterocycles. The Hall–Kier alpha value is -3.66. The largest absolute Gasteiger partial charge is 0.416 e. The lowest BCUT2D eigenvalue weighted by Gasteiger charge is -2.23. The van der Waals surface area contributed by atoms with Gasteiger partial charge in [0.05, 0.1) is 22.5 Å². The molecule has 1 fully saturated rings. The number of hydrogen-bond acceptors (Lipinski definition) is 5. The number of nitrogens with two attached hydrogens (primary N) is 1. The van der Waals surface area contributed by atoms with Gasteiger partial charge < -0.3 is 16.4 Å². The molecule has 1 saturated heterocycles. The number of rotatable bonds is 5. The molecule has 0 saturated carbocycles. The van der Waals surface area contributed by atoms with Gasteiger partial charge in [0.15, 0.2) is 0 Å². The van der Waals surface area contributed by atoms with Gasteiger partial charge in [0, 0.05) is 29.6 Å². The molecule has 4 N–H and O–H groups in total. The topological polar surface area (TPSA) is 80.8 Å². The zero-order valence-corrected chi connectivity index (χ0v) is 18.7. The van der Waals surface area contributed by atoms with Crippen molar-refractivity contribution in [3.05, 3.63) is 71.7 Å². The van der Waals surface area contributed by atoms with E-state index in [2.05, 4.69) is 15.6 Å². The van der Waals surface area contributed by atoms with Crippen LogP contribution in [0.15, 0.2) is 54.7 Å². The van der Waals surface area contributed by atoms with Crippen LogP contribution in [-0.4, -0.2) is 27.9 Å². The van der Waals surface area contributed by atoms with Crippen LogP contribution in [0.2, 0.25) is 0 Å². The molecule has 0 bridgehead atoms. The van der Waals surface area contributed by atoms with E-state index in [1.807, 2.05) is 35.0 Å². The average molecular weight is 485 g/mol. The fourth-order valence-corrected chi connectivity index (χ4v) is 4.45. The van der Waals surface area contributed by atoms with E-state index in [1.54, 1.807) is 6.20 Å². The molecule has 0 unspecified atom stereocenters. The lowest BCUT2D eigenvalue weighted by Crippen LogP contribution is -2.29. The number of fused-ring (bicyclic) bond motifs is 1. The minimum atomic E-state index is -4.58. The molecule has 2 aromatic heterocycles. The predicted molar refractivity (Wildman–Crippen MR) is 127 cm³/mol. The van der Waals surface area contributed by atoms with Crippen LogP contribution in [0, 0.1) is 5.82 Å². The quantitative estimate of drug-likeness (QED) is 0.332. The Morgan fingerprint density at radius 2 is 1.80 bits per heavy atom. The number of alkyl halides is 3. The number of nitrogens with zero attached hydrogens (tertiary/aromatic N) is 3. The lowest BCUT2D eigenvalue weighted by atomic mass is 10.1. The summed E-state index contributed by atoms with van der Waals surface area (Å²) in [5.41, 5.74) is 8.61. The van der Waals surface area contributed by atoms with Crippen molar-refractivity contribution in [3.8, 4) is 11.3 Å². The molecule has 0 atom stereocenters. The molecule has 1 aliphatic rings. The summed E-state index contributed by atoms with van der Waals surface area (Å²) in [5, 5.41) is 12.1. The van der Waals surface area contributed by atoms with E-state index in [1.165, 1.54) is 0 Å². The first kappa shape index (κ1) is 23.1. The van der Waals surface area contributed by atoms with E-state index >= 15 is 0 Å². The number of anilines is 2. The zero-order valence-electron chi connectivity index (χ0n) is 18.7. The van der Waals surface area contributed by atoms with Crippen molar-refractivity contribution in [1.29, 1.82) is 0 Å². The first-order valence-corrected chi connectivity index (χ1v) is 11.3. The van der Waals surface area contributed by atoms with Crippen LogP contribution in [0.1, 0.15) is 30.0 Å². The molecule has 6 nitrogen and oxygen atoms in total. The van der Waals surface area contributed by atoms with Gasteiger partial charge in [0.25, 0.3) is 0 Å². The molecule has 35 heavy (non-hydrogen) atoms. The smallest absolute Gasteiger partial charge is 0.383 e. The summed E-state index contributed by atoms with van der Waals surface area (Å²) >= 11 is 0. The molecule has 4 aromatic rings. The predicted octanol–water partition coefficient (Wildman–Crippen LogP) is 5.38. The summed E-state index contributed by atoms with van der Waals surface area (Å²) in [4.78, 5) is 4.26. The summed E-state index contributed by atoms with van der Waals surface area (Å²) in [6.45, 7) is 1.91. The standard InChI is InChI=1S/C25H24F4N6/c26-20-13-17(25(27,28)29)4-1-16(20)14-33-18-5-2-15(3-6-18)23-22-21(9-12-32-24(22)30)35(34-23)19-7-10-31-11-8-19/h1-6,9,12-13,19,31,33H,7-8,10-11,14H2,(H2,30,32). The fraction of sp³-hybridized carbons (Fsp3) is 0.280. The van der Waals surface area contributed by atoms with Gasteiger partial charge in [-0.05, 0) is 56.3 Å². The number of nitrogens with one attached hydrogen (secondary N) is 2. The maximum atomic E-state index is 14.1. The van der Waals surface area contributed by atoms with Crippen LogP contribution in [-0.2, 0) is 12.7 Å². The van der Waals surface area contributed by atoms with E-state index < -0.39 is 17.6 Å². The van der Waals surface area contributed by atoms with Crippen molar-refractivity contribution in [2.45, 2.75) is 31.6 Å². The normalized spacial score (nSPS) is 15.0. The average Bonchev–Trinajstić information content (AvgIpc) is 3.25. The second kappa shape index (κ2) is 9.18. The molecule has 0 radical (unpaired) electrons. The third-order valence-electron chi connectivity index (χ3n) is 6.33. The SMILES string of the molecule is Nc1nccc2c1c(-c1ccc(NCc3ccc(C(F)(F)F)cc3F)cc1)nn2C1CCNCC1. The van der Waals surface area contributed by atoms with E-state index in [0.717, 1.165) is 60.2 Å². The molecule has 1 aliphatic heterocycles. The van der Waals surface area contributed by atoms with Crippen LogP contribution >= 0.6 is 0 Å². The number of pyridine rings is 1. The lowest BCUT2D eigenvalue weighted by molar-refractivity contribution is -0.137. The van der Waals surface area contributed by atoms with Crippen molar-refractivity contribution in [1.82, 2.24) is 20.1 Å². The number of piperidine rings is 1. The second-order valence-electron chi connectivity index (χ2n) is 8.60. The summed E-state index contributed by atoms with van der Waals surface area (Å²) in [5.74, 6) is -0.487. The van der Waals surface area contributed by atoms with Gasteiger partial charge >= 0.3 is 6.18 Å². The third-order valence-corrected chi connectivity index (χ3v) is 6.33. The third kappa shape index (κ3) is 4.66. The number of nitrogen functional groups attached to an aromatic ring is 1. The summed E-state index contributed by atoms with van der Waals surface area (Å²) in [6.07, 6.45) is -0.940. The first-order chi connectivity index (χ1) is 16.8. The monoisotopic (exact) mass is 484 g/mol. The highest BCUT2D eigenvalue weighted by Gasteiger charge is 2.31. The molecule has 0 amide bonds. The Balaban J connectivity index is 1.38.